The number of allylic oxidation sites excluding steroid dienone is 1. The van der Waals surface area contributed by atoms with Crippen LogP contribution in [0.15, 0.2) is 41.0 Å². The van der Waals surface area contributed by atoms with Gasteiger partial charge < -0.3 is 10.6 Å². The third-order valence-electron chi connectivity index (χ3n) is 2.21. The van der Waals surface area contributed by atoms with Crippen LogP contribution in [0.25, 0.3) is 0 Å². The lowest BCUT2D eigenvalue weighted by molar-refractivity contribution is 0.244. The van der Waals surface area contributed by atoms with Gasteiger partial charge in [-0.15, -0.1) is 0 Å². The summed E-state index contributed by atoms with van der Waals surface area (Å²) in [5, 5.41) is 5.44. The molecule has 0 bridgehead atoms. The van der Waals surface area contributed by atoms with Gasteiger partial charge in [0.25, 0.3) is 0 Å². The Bertz CT molecular complexity index is 391. The molecule has 2 N–H and O–H groups in total. The summed E-state index contributed by atoms with van der Waals surface area (Å²) in [7, 11) is 0. The largest absolute Gasteiger partial charge is 0.338 e. The first kappa shape index (κ1) is 13.8. The Hall–Kier alpha value is -1.29. The van der Waals surface area contributed by atoms with Crippen LogP contribution in [0, 0.1) is 0 Å². The zero-order valence-electron chi connectivity index (χ0n) is 9.87. The Balaban J connectivity index is 2.26. The highest BCUT2D eigenvalue weighted by atomic mass is 79.9. The zero-order valence-corrected chi connectivity index (χ0v) is 11.5. The SMILES string of the molecule is CC/C=C/NC(=O)NCCc1ccccc1Br. The van der Waals surface area contributed by atoms with Gasteiger partial charge in [0.05, 0.1) is 0 Å². The number of nitrogens with one attached hydrogen (secondary N) is 2. The molecule has 92 valence electrons. The summed E-state index contributed by atoms with van der Waals surface area (Å²) in [5.74, 6) is 0. The number of hydrogen-bond donors (Lipinski definition) is 2. The summed E-state index contributed by atoms with van der Waals surface area (Å²) in [6, 6.07) is 7.84. The molecule has 0 aliphatic rings. The summed E-state index contributed by atoms with van der Waals surface area (Å²) < 4.78 is 1.08. The molecule has 17 heavy (non-hydrogen) atoms. The van der Waals surface area contributed by atoms with Gasteiger partial charge in [-0.05, 0) is 24.5 Å². The standard InChI is InChI=1S/C13H17BrN2O/c1-2-3-9-15-13(17)16-10-8-11-6-4-5-7-12(11)14/h3-7,9H,2,8,10H2,1H3,(H2,15,16,17)/b9-3+. The Labute approximate surface area is 110 Å². The molecular formula is C13H17BrN2O. The quantitative estimate of drug-likeness (QED) is 0.861. The van der Waals surface area contributed by atoms with Crippen LogP contribution < -0.4 is 10.6 Å². The number of amides is 2. The van der Waals surface area contributed by atoms with Gasteiger partial charge in [0.1, 0.15) is 0 Å². The minimum atomic E-state index is -0.165. The minimum absolute atomic E-state index is 0.165. The van der Waals surface area contributed by atoms with Gasteiger partial charge in [-0.25, -0.2) is 4.79 Å². The summed E-state index contributed by atoms with van der Waals surface area (Å²) in [4.78, 5) is 11.3. The fourth-order valence-corrected chi connectivity index (χ4v) is 1.80. The summed E-state index contributed by atoms with van der Waals surface area (Å²) >= 11 is 3.48. The van der Waals surface area contributed by atoms with Crippen molar-refractivity contribution in [1.29, 1.82) is 0 Å². The van der Waals surface area contributed by atoms with Crippen LogP contribution in [-0.2, 0) is 6.42 Å². The normalized spacial score (nSPS) is 10.5. The van der Waals surface area contributed by atoms with Crippen LogP contribution in [0.2, 0.25) is 0 Å². The Morgan fingerprint density at radius 3 is 2.88 bits per heavy atom. The third-order valence-corrected chi connectivity index (χ3v) is 2.98. The molecule has 3 nitrogen and oxygen atoms in total. The molecule has 2 amide bonds. The molecule has 1 aromatic rings. The van der Waals surface area contributed by atoms with Crippen molar-refractivity contribution >= 4 is 22.0 Å². The average Bonchev–Trinajstić information content (AvgIpc) is 2.32. The summed E-state index contributed by atoms with van der Waals surface area (Å²) in [6.45, 7) is 2.64. The van der Waals surface area contributed by atoms with Crippen molar-refractivity contribution in [1.82, 2.24) is 10.6 Å². The Kier molecular flexibility index (Phi) is 6.40. The topological polar surface area (TPSA) is 41.1 Å². The van der Waals surface area contributed by atoms with Gasteiger partial charge in [-0.1, -0.05) is 47.1 Å². The van der Waals surface area contributed by atoms with Gasteiger partial charge in [-0.2, -0.15) is 0 Å². The first-order valence-corrected chi connectivity index (χ1v) is 6.46. The minimum Gasteiger partial charge on any atom is -0.338 e. The van der Waals surface area contributed by atoms with E-state index in [2.05, 4.69) is 26.6 Å². The van der Waals surface area contributed by atoms with Gasteiger partial charge in [0.2, 0.25) is 0 Å². The lowest BCUT2D eigenvalue weighted by Crippen LogP contribution is -2.33. The predicted molar refractivity (Wildman–Crippen MR) is 73.8 cm³/mol. The smallest absolute Gasteiger partial charge is 0.318 e. The van der Waals surface area contributed by atoms with E-state index in [9.17, 15) is 4.79 Å². The number of halogens is 1. The van der Waals surface area contributed by atoms with Crippen molar-refractivity contribution in [2.24, 2.45) is 0 Å². The van der Waals surface area contributed by atoms with E-state index in [0.29, 0.717) is 6.54 Å². The van der Waals surface area contributed by atoms with E-state index in [1.165, 1.54) is 5.56 Å². The van der Waals surface area contributed by atoms with Crippen LogP contribution in [0.4, 0.5) is 4.79 Å². The van der Waals surface area contributed by atoms with Gasteiger partial charge in [0.15, 0.2) is 0 Å². The maximum atomic E-state index is 11.3. The fourth-order valence-electron chi connectivity index (χ4n) is 1.32. The van der Waals surface area contributed by atoms with Crippen molar-refractivity contribution in [3.8, 4) is 0 Å². The van der Waals surface area contributed by atoms with E-state index >= 15 is 0 Å². The van der Waals surface area contributed by atoms with Gasteiger partial charge >= 0.3 is 6.03 Å². The van der Waals surface area contributed by atoms with Crippen LogP contribution in [-0.4, -0.2) is 12.6 Å². The molecule has 0 unspecified atom stereocenters. The number of carbonyl (C=O) groups is 1. The molecule has 1 aromatic carbocycles. The number of rotatable bonds is 5. The van der Waals surface area contributed by atoms with Crippen molar-refractivity contribution in [2.75, 3.05) is 6.54 Å². The molecule has 0 spiro atoms. The number of carbonyl (C=O) groups excluding carboxylic acids is 1. The Morgan fingerprint density at radius 1 is 1.41 bits per heavy atom. The number of urea groups is 1. The predicted octanol–water partition coefficient (Wildman–Crippen LogP) is 3.21. The fraction of sp³-hybridized carbons (Fsp3) is 0.308. The maximum Gasteiger partial charge on any atom is 0.318 e. The van der Waals surface area contributed by atoms with E-state index in [1.54, 1.807) is 6.20 Å². The lowest BCUT2D eigenvalue weighted by atomic mass is 10.1. The molecule has 1 rings (SSSR count). The Morgan fingerprint density at radius 2 is 2.18 bits per heavy atom. The van der Waals surface area contributed by atoms with E-state index in [4.69, 9.17) is 0 Å². The lowest BCUT2D eigenvalue weighted by Gasteiger charge is -2.06. The summed E-state index contributed by atoms with van der Waals surface area (Å²) in [6.07, 6.45) is 5.28. The van der Waals surface area contributed by atoms with Crippen molar-refractivity contribution in [2.45, 2.75) is 19.8 Å². The molecule has 4 heteroatoms. The van der Waals surface area contributed by atoms with Crippen molar-refractivity contribution in [3.05, 3.63) is 46.6 Å². The molecule has 0 atom stereocenters. The zero-order chi connectivity index (χ0) is 12.5. The monoisotopic (exact) mass is 296 g/mol. The van der Waals surface area contributed by atoms with Crippen LogP contribution in [0.5, 0.6) is 0 Å². The second-order valence-electron chi connectivity index (χ2n) is 3.55. The summed E-state index contributed by atoms with van der Waals surface area (Å²) in [5.41, 5.74) is 1.19. The van der Waals surface area contributed by atoms with E-state index < -0.39 is 0 Å². The van der Waals surface area contributed by atoms with Crippen molar-refractivity contribution < 1.29 is 4.79 Å². The average molecular weight is 297 g/mol. The first-order valence-electron chi connectivity index (χ1n) is 5.66. The van der Waals surface area contributed by atoms with Gasteiger partial charge in [0, 0.05) is 17.2 Å². The maximum absolute atomic E-state index is 11.3. The molecule has 0 saturated carbocycles. The number of benzene rings is 1. The first-order chi connectivity index (χ1) is 8.24. The van der Waals surface area contributed by atoms with Crippen LogP contribution in [0.1, 0.15) is 18.9 Å². The molecule has 0 radical (unpaired) electrons. The van der Waals surface area contributed by atoms with E-state index in [0.717, 1.165) is 17.3 Å². The third kappa shape index (κ3) is 5.54. The number of hydrogen-bond acceptors (Lipinski definition) is 1. The molecule has 0 aromatic heterocycles. The van der Waals surface area contributed by atoms with Crippen LogP contribution in [0.3, 0.4) is 0 Å². The van der Waals surface area contributed by atoms with E-state index in [1.807, 2.05) is 37.3 Å². The molecule has 0 heterocycles. The highest BCUT2D eigenvalue weighted by Crippen LogP contribution is 2.15. The van der Waals surface area contributed by atoms with E-state index in [-0.39, 0.29) is 6.03 Å². The molecule has 0 aliphatic carbocycles. The van der Waals surface area contributed by atoms with Gasteiger partial charge in [-0.3, -0.25) is 0 Å². The molecule has 0 saturated heterocycles. The highest BCUT2D eigenvalue weighted by molar-refractivity contribution is 9.10. The highest BCUT2D eigenvalue weighted by Gasteiger charge is 2.00. The second kappa shape index (κ2) is 7.90. The molecule has 0 fully saturated rings. The second-order valence-corrected chi connectivity index (χ2v) is 4.41. The van der Waals surface area contributed by atoms with Crippen LogP contribution >= 0.6 is 15.9 Å². The molecule has 0 aliphatic heterocycles. The van der Waals surface area contributed by atoms with Crippen molar-refractivity contribution in [3.63, 3.8) is 0 Å². The molecular weight excluding hydrogens is 280 g/mol.